The highest BCUT2D eigenvalue weighted by molar-refractivity contribution is 5.68. The van der Waals surface area contributed by atoms with Crippen LogP contribution < -0.4 is 5.73 Å². The van der Waals surface area contributed by atoms with Gasteiger partial charge in [0.05, 0.1) is 11.7 Å². The molecule has 2 aromatic carbocycles. The van der Waals surface area contributed by atoms with Gasteiger partial charge in [-0.3, -0.25) is 0 Å². The van der Waals surface area contributed by atoms with E-state index in [2.05, 4.69) is 65.4 Å². The van der Waals surface area contributed by atoms with Crippen molar-refractivity contribution < 1.29 is 0 Å². The molecule has 3 aromatic rings. The topological polar surface area (TPSA) is 54.7 Å². The predicted octanol–water partition coefficient (Wildman–Crippen LogP) is 4.15. The summed E-state index contributed by atoms with van der Waals surface area (Å²) in [4.78, 5) is 7.74. The zero-order valence-electron chi connectivity index (χ0n) is 12.1. The van der Waals surface area contributed by atoms with E-state index in [-0.39, 0.29) is 6.04 Å². The van der Waals surface area contributed by atoms with E-state index in [0.29, 0.717) is 0 Å². The lowest BCUT2D eigenvalue weighted by Gasteiger charge is -2.04. The molecule has 106 valence electrons. The van der Waals surface area contributed by atoms with Crippen LogP contribution in [-0.2, 0) is 0 Å². The number of hydrogen-bond acceptors (Lipinski definition) is 2. The fraction of sp³-hybridized carbons (Fsp3) is 0.167. The van der Waals surface area contributed by atoms with Gasteiger partial charge in [-0.15, -0.1) is 0 Å². The van der Waals surface area contributed by atoms with E-state index in [9.17, 15) is 0 Å². The Hall–Kier alpha value is -2.39. The second kappa shape index (κ2) is 5.94. The third-order valence-corrected chi connectivity index (χ3v) is 3.68. The molecule has 0 unspecified atom stereocenters. The molecule has 0 saturated heterocycles. The molecule has 3 nitrogen and oxygen atoms in total. The minimum absolute atomic E-state index is 0.0256. The van der Waals surface area contributed by atoms with Crippen LogP contribution in [0.2, 0.25) is 0 Å². The molecule has 0 aliphatic carbocycles. The molecule has 0 amide bonds. The molecule has 0 radical (unpaired) electrons. The highest BCUT2D eigenvalue weighted by atomic mass is 15.0. The van der Waals surface area contributed by atoms with Crippen molar-refractivity contribution in [2.75, 3.05) is 0 Å². The Morgan fingerprint density at radius 2 is 1.57 bits per heavy atom. The molecule has 0 aliphatic rings. The Morgan fingerprint density at radius 3 is 2.24 bits per heavy atom. The molecule has 1 atom stereocenters. The van der Waals surface area contributed by atoms with Crippen LogP contribution in [0.4, 0.5) is 0 Å². The van der Waals surface area contributed by atoms with Crippen LogP contribution in [-0.4, -0.2) is 9.97 Å². The molecular weight excluding hydrogens is 258 g/mol. The molecule has 21 heavy (non-hydrogen) atoms. The van der Waals surface area contributed by atoms with Crippen molar-refractivity contribution in [2.45, 2.75) is 19.4 Å². The fourth-order valence-electron chi connectivity index (χ4n) is 2.33. The van der Waals surface area contributed by atoms with Crippen molar-refractivity contribution in [3.63, 3.8) is 0 Å². The third kappa shape index (κ3) is 2.88. The number of nitrogens with zero attached hydrogens (tertiary/aromatic N) is 1. The normalized spacial score (nSPS) is 12.3. The maximum Gasteiger partial charge on any atom is 0.123 e. The largest absolute Gasteiger partial charge is 0.347 e. The van der Waals surface area contributed by atoms with Crippen LogP contribution in [0.25, 0.3) is 22.4 Å². The quantitative estimate of drug-likeness (QED) is 0.752. The average Bonchev–Trinajstić information content (AvgIpc) is 3.05. The predicted molar refractivity (Wildman–Crippen MR) is 86.7 cm³/mol. The number of H-pyrrole nitrogens is 1. The number of nitrogens with one attached hydrogen (secondary N) is 1. The van der Waals surface area contributed by atoms with Crippen LogP contribution in [0.1, 0.15) is 25.2 Å². The molecule has 0 bridgehead atoms. The van der Waals surface area contributed by atoms with Crippen LogP contribution in [0.5, 0.6) is 0 Å². The van der Waals surface area contributed by atoms with Crippen molar-refractivity contribution in [2.24, 2.45) is 5.73 Å². The first kappa shape index (κ1) is 13.6. The van der Waals surface area contributed by atoms with Gasteiger partial charge in [0.15, 0.2) is 0 Å². The zero-order chi connectivity index (χ0) is 14.7. The van der Waals surface area contributed by atoms with Gasteiger partial charge in [-0.1, -0.05) is 61.5 Å². The summed E-state index contributed by atoms with van der Waals surface area (Å²) in [5.41, 5.74) is 10.5. The highest BCUT2D eigenvalue weighted by Gasteiger charge is 2.09. The SMILES string of the molecule is CC[C@H](N)c1nc(-c2ccc(-c3ccccc3)cc2)c[nH]1. The van der Waals surface area contributed by atoms with Crippen molar-refractivity contribution >= 4 is 0 Å². The number of rotatable bonds is 4. The summed E-state index contributed by atoms with van der Waals surface area (Å²) < 4.78 is 0. The van der Waals surface area contributed by atoms with Gasteiger partial charge in [0.2, 0.25) is 0 Å². The lowest BCUT2D eigenvalue weighted by Crippen LogP contribution is -2.10. The number of nitrogens with two attached hydrogens (primary N) is 1. The first-order valence-corrected chi connectivity index (χ1v) is 7.24. The Bertz CT molecular complexity index is 699. The Labute approximate surface area is 124 Å². The summed E-state index contributed by atoms with van der Waals surface area (Å²) in [5.74, 6) is 0.847. The van der Waals surface area contributed by atoms with E-state index in [1.165, 1.54) is 11.1 Å². The first-order valence-electron chi connectivity index (χ1n) is 7.24. The minimum atomic E-state index is -0.0256. The summed E-state index contributed by atoms with van der Waals surface area (Å²) in [6.07, 6.45) is 2.79. The Morgan fingerprint density at radius 1 is 0.952 bits per heavy atom. The van der Waals surface area contributed by atoms with Gasteiger partial charge in [0.1, 0.15) is 5.82 Å². The number of imidazole rings is 1. The van der Waals surface area contributed by atoms with Crippen LogP contribution in [0.3, 0.4) is 0 Å². The Kier molecular flexibility index (Phi) is 3.84. The van der Waals surface area contributed by atoms with Gasteiger partial charge >= 0.3 is 0 Å². The van der Waals surface area contributed by atoms with Crippen molar-refractivity contribution in [3.8, 4) is 22.4 Å². The molecule has 3 rings (SSSR count). The first-order chi connectivity index (χ1) is 10.3. The molecule has 3 heteroatoms. The number of hydrogen-bond donors (Lipinski definition) is 2. The second-order valence-corrected chi connectivity index (χ2v) is 5.13. The summed E-state index contributed by atoms with van der Waals surface area (Å²) >= 11 is 0. The van der Waals surface area contributed by atoms with Gasteiger partial charge in [-0.2, -0.15) is 0 Å². The van der Waals surface area contributed by atoms with Crippen LogP contribution in [0, 0.1) is 0 Å². The van der Waals surface area contributed by atoms with Gasteiger partial charge in [-0.05, 0) is 17.5 Å². The van der Waals surface area contributed by atoms with Crippen molar-refractivity contribution in [3.05, 3.63) is 66.6 Å². The van der Waals surface area contributed by atoms with Gasteiger partial charge in [0.25, 0.3) is 0 Å². The van der Waals surface area contributed by atoms with Gasteiger partial charge < -0.3 is 10.7 Å². The monoisotopic (exact) mass is 277 g/mol. The highest BCUT2D eigenvalue weighted by Crippen LogP contribution is 2.24. The zero-order valence-corrected chi connectivity index (χ0v) is 12.1. The fourth-order valence-corrected chi connectivity index (χ4v) is 2.33. The molecule has 0 saturated carbocycles. The second-order valence-electron chi connectivity index (χ2n) is 5.13. The molecule has 0 fully saturated rings. The van der Waals surface area contributed by atoms with E-state index in [4.69, 9.17) is 5.73 Å². The summed E-state index contributed by atoms with van der Waals surface area (Å²) in [6, 6.07) is 18.8. The number of aromatic nitrogens is 2. The lowest BCUT2D eigenvalue weighted by molar-refractivity contribution is 0.658. The molecule has 0 spiro atoms. The lowest BCUT2D eigenvalue weighted by atomic mass is 10.0. The maximum absolute atomic E-state index is 5.99. The molecular formula is C18H19N3. The van der Waals surface area contributed by atoms with Gasteiger partial charge in [-0.25, -0.2) is 4.98 Å². The van der Waals surface area contributed by atoms with E-state index >= 15 is 0 Å². The van der Waals surface area contributed by atoms with Crippen LogP contribution >= 0.6 is 0 Å². The average molecular weight is 277 g/mol. The van der Waals surface area contributed by atoms with Crippen molar-refractivity contribution in [1.29, 1.82) is 0 Å². The molecule has 1 aromatic heterocycles. The summed E-state index contributed by atoms with van der Waals surface area (Å²) in [5, 5.41) is 0. The molecule has 0 aliphatic heterocycles. The van der Waals surface area contributed by atoms with E-state index < -0.39 is 0 Å². The van der Waals surface area contributed by atoms with E-state index in [1.54, 1.807) is 0 Å². The standard InChI is InChI=1S/C18H19N3/c1-2-16(19)18-20-12-17(21-18)15-10-8-14(9-11-15)13-6-4-3-5-7-13/h3-12,16H,2,19H2,1H3,(H,20,21)/t16-/m0/s1. The van der Waals surface area contributed by atoms with Gasteiger partial charge in [0, 0.05) is 11.8 Å². The molecule has 1 heterocycles. The number of benzene rings is 2. The van der Waals surface area contributed by atoms with Crippen molar-refractivity contribution in [1.82, 2.24) is 9.97 Å². The summed E-state index contributed by atoms with van der Waals surface area (Å²) in [6.45, 7) is 2.06. The van der Waals surface area contributed by atoms with E-state index in [0.717, 1.165) is 23.5 Å². The third-order valence-electron chi connectivity index (χ3n) is 3.68. The number of aromatic amines is 1. The van der Waals surface area contributed by atoms with E-state index in [1.807, 2.05) is 12.3 Å². The maximum atomic E-state index is 5.99. The smallest absolute Gasteiger partial charge is 0.123 e. The summed E-state index contributed by atoms with van der Waals surface area (Å²) in [7, 11) is 0. The molecule has 3 N–H and O–H groups in total. The van der Waals surface area contributed by atoms with Crippen LogP contribution in [0.15, 0.2) is 60.8 Å². The Balaban J connectivity index is 1.86. The minimum Gasteiger partial charge on any atom is -0.347 e.